The molecule has 1 N–H and O–H groups in total. The third kappa shape index (κ3) is 3.50. The van der Waals surface area contributed by atoms with E-state index in [1.165, 1.54) is 0 Å². The number of aromatic amines is 1. The second-order valence-electron chi connectivity index (χ2n) is 5.41. The van der Waals surface area contributed by atoms with Crippen LogP contribution in [-0.2, 0) is 6.54 Å². The zero-order chi connectivity index (χ0) is 15.4. The average molecular weight is 307 g/mol. The molecule has 2 rings (SSSR count). The molecule has 0 fully saturated rings. The van der Waals surface area contributed by atoms with Crippen LogP contribution < -0.4 is 5.56 Å². The van der Waals surface area contributed by atoms with Crippen LogP contribution >= 0.6 is 12.2 Å². The van der Waals surface area contributed by atoms with Gasteiger partial charge in [-0.2, -0.15) is 0 Å². The standard InChI is InChI=1S/C15H21N3O2S/c1-4-5-6-9-18-12(10(2)3)8-7-11(14(18)19)13-16-17-15(21)20-13/h7-8,10H,4-6,9H2,1-3H3,(H,17,21). The molecule has 2 aromatic heterocycles. The van der Waals surface area contributed by atoms with Gasteiger partial charge in [0, 0.05) is 12.2 Å². The lowest BCUT2D eigenvalue weighted by atomic mass is 10.1. The van der Waals surface area contributed by atoms with Gasteiger partial charge in [0.15, 0.2) is 0 Å². The molecule has 5 nitrogen and oxygen atoms in total. The Kier molecular flexibility index (Phi) is 5.12. The molecule has 2 aromatic rings. The van der Waals surface area contributed by atoms with E-state index in [0.717, 1.165) is 31.5 Å². The van der Waals surface area contributed by atoms with Crippen molar-refractivity contribution in [3.8, 4) is 11.5 Å². The largest absolute Gasteiger partial charge is 0.409 e. The minimum atomic E-state index is -0.0671. The molecular weight excluding hydrogens is 286 g/mol. The van der Waals surface area contributed by atoms with Crippen molar-refractivity contribution in [1.29, 1.82) is 0 Å². The summed E-state index contributed by atoms with van der Waals surface area (Å²) in [7, 11) is 0. The number of H-pyrrole nitrogens is 1. The minimum absolute atomic E-state index is 0.0671. The Bertz CT molecular complexity index is 712. The predicted molar refractivity (Wildman–Crippen MR) is 85.0 cm³/mol. The van der Waals surface area contributed by atoms with Gasteiger partial charge in [-0.15, -0.1) is 5.10 Å². The molecule has 0 radical (unpaired) electrons. The van der Waals surface area contributed by atoms with E-state index in [9.17, 15) is 4.79 Å². The molecule has 21 heavy (non-hydrogen) atoms. The highest BCUT2D eigenvalue weighted by Gasteiger charge is 2.15. The molecule has 0 aliphatic heterocycles. The first kappa shape index (κ1) is 15.7. The van der Waals surface area contributed by atoms with Crippen molar-refractivity contribution in [3.63, 3.8) is 0 Å². The first-order chi connectivity index (χ1) is 10.0. The summed E-state index contributed by atoms with van der Waals surface area (Å²) in [5, 5.41) is 6.50. The van der Waals surface area contributed by atoms with Crippen LogP contribution in [0.2, 0.25) is 0 Å². The van der Waals surface area contributed by atoms with E-state index in [0.29, 0.717) is 11.5 Å². The van der Waals surface area contributed by atoms with Gasteiger partial charge in [-0.25, -0.2) is 5.10 Å². The van der Waals surface area contributed by atoms with Crippen LogP contribution in [0, 0.1) is 4.84 Å². The Balaban J connectivity index is 2.48. The lowest BCUT2D eigenvalue weighted by Crippen LogP contribution is -2.25. The molecule has 114 valence electrons. The summed E-state index contributed by atoms with van der Waals surface area (Å²) >= 11 is 4.87. The lowest BCUT2D eigenvalue weighted by Gasteiger charge is -2.16. The second kappa shape index (κ2) is 6.85. The predicted octanol–water partition coefficient (Wildman–Crippen LogP) is 3.87. The van der Waals surface area contributed by atoms with Gasteiger partial charge in [0.1, 0.15) is 5.56 Å². The third-order valence-electron chi connectivity index (χ3n) is 3.45. The number of nitrogens with zero attached hydrogens (tertiary/aromatic N) is 2. The van der Waals surface area contributed by atoms with Crippen molar-refractivity contribution >= 4 is 12.2 Å². The SMILES string of the molecule is CCCCCn1c(C(C)C)ccc(-c2n[nH]c(=S)o2)c1=O. The Labute approximate surface area is 129 Å². The zero-order valence-corrected chi connectivity index (χ0v) is 13.5. The van der Waals surface area contributed by atoms with Gasteiger partial charge in [0.25, 0.3) is 16.3 Å². The maximum Gasteiger partial charge on any atom is 0.284 e. The van der Waals surface area contributed by atoms with E-state index in [2.05, 4.69) is 31.0 Å². The highest BCUT2D eigenvalue weighted by atomic mass is 32.1. The summed E-state index contributed by atoms with van der Waals surface area (Å²) in [5.74, 6) is 0.545. The number of aromatic nitrogens is 3. The fourth-order valence-electron chi connectivity index (χ4n) is 2.36. The van der Waals surface area contributed by atoms with Gasteiger partial charge < -0.3 is 8.98 Å². The molecule has 0 aliphatic rings. The monoisotopic (exact) mass is 307 g/mol. The topological polar surface area (TPSA) is 63.8 Å². The normalized spacial score (nSPS) is 11.2. The zero-order valence-electron chi connectivity index (χ0n) is 12.7. The Morgan fingerprint density at radius 1 is 1.38 bits per heavy atom. The van der Waals surface area contributed by atoms with Gasteiger partial charge in [-0.1, -0.05) is 33.6 Å². The fourth-order valence-corrected chi connectivity index (χ4v) is 2.48. The average Bonchev–Trinajstić information content (AvgIpc) is 2.86. The van der Waals surface area contributed by atoms with E-state index in [4.69, 9.17) is 16.6 Å². The van der Waals surface area contributed by atoms with Gasteiger partial charge >= 0.3 is 0 Å². The van der Waals surface area contributed by atoms with Crippen molar-refractivity contribution in [2.45, 2.75) is 52.5 Å². The van der Waals surface area contributed by atoms with Gasteiger partial charge in [-0.3, -0.25) is 4.79 Å². The molecule has 0 bridgehead atoms. The first-order valence-electron chi connectivity index (χ1n) is 7.34. The van der Waals surface area contributed by atoms with Crippen molar-refractivity contribution in [3.05, 3.63) is 33.0 Å². The molecule has 0 saturated carbocycles. The maximum absolute atomic E-state index is 12.7. The van der Waals surface area contributed by atoms with E-state index < -0.39 is 0 Å². The summed E-state index contributed by atoms with van der Waals surface area (Å²) in [5.41, 5.74) is 1.42. The van der Waals surface area contributed by atoms with Crippen molar-refractivity contribution in [2.24, 2.45) is 0 Å². The molecule has 6 heteroatoms. The molecule has 0 saturated heterocycles. The van der Waals surface area contributed by atoms with Crippen LogP contribution in [0.15, 0.2) is 21.3 Å². The van der Waals surface area contributed by atoms with Gasteiger partial charge in [-0.05, 0) is 36.7 Å². The van der Waals surface area contributed by atoms with E-state index >= 15 is 0 Å². The van der Waals surface area contributed by atoms with Crippen LogP contribution in [0.3, 0.4) is 0 Å². The minimum Gasteiger partial charge on any atom is -0.409 e. The quantitative estimate of drug-likeness (QED) is 0.650. The number of hydrogen-bond donors (Lipinski definition) is 1. The summed E-state index contributed by atoms with van der Waals surface area (Å²) < 4.78 is 7.10. The van der Waals surface area contributed by atoms with Crippen LogP contribution in [0.5, 0.6) is 0 Å². The fraction of sp³-hybridized carbons (Fsp3) is 0.533. The molecule has 0 aliphatic carbocycles. The number of pyridine rings is 1. The summed E-state index contributed by atoms with van der Waals surface area (Å²) in [6.45, 7) is 7.05. The van der Waals surface area contributed by atoms with Crippen LogP contribution in [0.4, 0.5) is 0 Å². The Morgan fingerprint density at radius 3 is 2.71 bits per heavy atom. The van der Waals surface area contributed by atoms with Crippen LogP contribution in [0.25, 0.3) is 11.5 Å². The summed E-state index contributed by atoms with van der Waals surface area (Å²) in [4.78, 5) is 12.9. The maximum atomic E-state index is 12.7. The van der Waals surface area contributed by atoms with Crippen molar-refractivity contribution < 1.29 is 4.42 Å². The molecule has 0 atom stereocenters. The summed E-state index contributed by atoms with van der Waals surface area (Å²) in [6.07, 6.45) is 3.22. The number of nitrogens with one attached hydrogen (secondary N) is 1. The first-order valence-corrected chi connectivity index (χ1v) is 7.75. The van der Waals surface area contributed by atoms with Gasteiger partial charge in [0.2, 0.25) is 0 Å². The molecule has 0 amide bonds. The Hall–Kier alpha value is -1.69. The third-order valence-corrected chi connectivity index (χ3v) is 3.63. The van der Waals surface area contributed by atoms with E-state index in [-0.39, 0.29) is 16.3 Å². The number of rotatable bonds is 6. The van der Waals surface area contributed by atoms with Gasteiger partial charge in [0.05, 0.1) is 0 Å². The van der Waals surface area contributed by atoms with E-state index in [1.54, 1.807) is 6.07 Å². The van der Waals surface area contributed by atoms with Crippen LogP contribution in [0.1, 0.15) is 51.6 Å². The molecule has 0 spiro atoms. The lowest BCUT2D eigenvalue weighted by molar-refractivity contribution is 0.538. The molecule has 0 unspecified atom stereocenters. The number of hydrogen-bond acceptors (Lipinski definition) is 4. The van der Waals surface area contributed by atoms with Crippen molar-refractivity contribution in [2.75, 3.05) is 0 Å². The highest BCUT2D eigenvalue weighted by Crippen LogP contribution is 2.18. The second-order valence-corrected chi connectivity index (χ2v) is 5.78. The highest BCUT2D eigenvalue weighted by molar-refractivity contribution is 7.71. The Morgan fingerprint density at radius 2 is 2.14 bits per heavy atom. The van der Waals surface area contributed by atoms with Crippen LogP contribution in [-0.4, -0.2) is 14.8 Å². The summed E-state index contributed by atoms with van der Waals surface area (Å²) in [6, 6.07) is 3.74. The number of unbranched alkanes of at least 4 members (excludes halogenated alkanes) is 2. The molecular formula is C15H21N3O2S. The smallest absolute Gasteiger partial charge is 0.284 e. The van der Waals surface area contributed by atoms with E-state index in [1.807, 2.05) is 10.6 Å². The molecule has 2 heterocycles. The van der Waals surface area contributed by atoms with Crippen molar-refractivity contribution in [1.82, 2.24) is 14.8 Å². The molecule has 0 aromatic carbocycles.